The Kier molecular flexibility index (Phi) is 6.98. The lowest BCUT2D eigenvalue weighted by Crippen LogP contribution is -3.00. The van der Waals surface area contributed by atoms with Gasteiger partial charge in [0.25, 0.3) is 0 Å². The summed E-state index contributed by atoms with van der Waals surface area (Å²) in [4.78, 5) is 11.7. The molecule has 0 spiro atoms. The highest BCUT2D eigenvalue weighted by atomic mass is 127. The van der Waals surface area contributed by atoms with Crippen LogP contribution in [0.1, 0.15) is 10.4 Å². The molecule has 1 aromatic heterocycles. The zero-order valence-electron chi connectivity index (χ0n) is 14.6. The van der Waals surface area contributed by atoms with Crippen molar-refractivity contribution >= 4 is 17.0 Å². The number of rotatable bonds is 6. The van der Waals surface area contributed by atoms with Gasteiger partial charge in [-0.2, -0.15) is 0 Å². The molecule has 0 saturated heterocycles. The van der Waals surface area contributed by atoms with Crippen LogP contribution in [0.25, 0.3) is 11.0 Å². The van der Waals surface area contributed by atoms with Gasteiger partial charge < -0.3 is 38.6 Å². The fourth-order valence-electron chi connectivity index (χ4n) is 2.82. The molecular formula is C19H21IN2O4. The number of carbonyl (C=O) groups is 1. The minimum Gasteiger partial charge on any atom is -1.00 e. The Morgan fingerprint density at radius 1 is 1.19 bits per heavy atom. The van der Waals surface area contributed by atoms with Gasteiger partial charge in [0.2, 0.25) is 6.33 Å². The van der Waals surface area contributed by atoms with E-state index < -0.39 is 12.1 Å². The van der Waals surface area contributed by atoms with Gasteiger partial charge in [-0.1, -0.05) is 24.3 Å². The second kappa shape index (κ2) is 9.00. The van der Waals surface area contributed by atoms with Crippen molar-refractivity contribution in [1.82, 2.24) is 4.57 Å². The number of aryl methyl sites for hydroxylation is 1. The number of aromatic nitrogens is 2. The second-order valence-electron chi connectivity index (χ2n) is 5.82. The van der Waals surface area contributed by atoms with Crippen LogP contribution in [0.4, 0.5) is 0 Å². The summed E-state index contributed by atoms with van der Waals surface area (Å²) in [5, 5.41) is 10.3. The number of esters is 1. The van der Waals surface area contributed by atoms with Gasteiger partial charge in [0.15, 0.2) is 11.0 Å². The Bertz CT molecular complexity index is 894. The number of aliphatic hydroxyl groups excluding tert-OH is 1. The van der Waals surface area contributed by atoms with E-state index in [4.69, 9.17) is 9.47 Å². The Hall–Kier alpha value is -2.13. The number of para-hydroxylation sites is 3. The maximum absolute atomic E-state index is 11.7. The highest BCUT2D eigenvalue weighted by Crippen LogP contribution is 2.19. The molecule has 0 aliphatic carbocycles. The van der Waals surface area contributed by atoms with Gasteiger partial charge in [0, 0.05) is 0 Å². The van der Waals surface area contributed by atoms with E-state index in [2.05, 4.69) is 0 Å². The van der Waals surface area contributed by atoms with E-state index >= 15 is 0 Å². The predicted molar refractivity (Wildman–Crippen MR) is 92.4 cm³/mol. The Morgan fingerprint density at radius 2 is 1.88 bits per heavy atom. The lowest BCUT2D eigenvalue weighted by Gasteiger charge is -2.13. The highest BCUT2D eigenvalue weighted by Gasteiger charge is 2.18. The number of nitrogens with zero attached hydrogens (tertiary/aromatic N) is 2. The first-order valence-corrected chi connectivity index (χ1v) is 8.02. The monoisotopic (exact) mass is 468 g/mol. The SMILES string of the molecule is COC(=O)c1ccccc1OCC(O)Cn1c[n+](C)c2ccccc21.[I-]. The van der Waals surface area contributed by atoms with Gasteiger partial charge in [-0.25, -0.2) is 13.9 Å². The van der Waals surface area contributed by atoms with Gasteiger partial charge in [-0.05, 0) is 24.3 Å². The maximum atomic E-state index is 11.7. The molecule has 0 fully saturated rings. The average Bonchev–Trinajstić information content (AvgIpc) is 2.95. The zero-order chi connectivity index (χ0) is 17.8. The highest BCUT2D eigenvalue weighted by molar-refractivity contribution is 5.92. The Labute approximate surface area is 169 Å². The van der Waals surface area contributed by atoms with E-state index in [-0.39, 0.29) is 30.6 Å². The molecule has 1 heterocycles. The molecule has 0 bridgehead atoms. The second-order valence-corrected chi connectivity index (χ2v) is 5.82. The molecule has 3 rings (SSSR count). The van der Waals surface area contributed by atoms with Crippen molar-refractivity contribution in [3.8, 4) is 5.75 Å². The van der Waals surface area contributed by atoms with Gasteiger partial charge in [0.05, 0.1) is 14.2 Å². The van der Waals surface area contributed by atoms with E-state index in [1.807, 2.05) is 46.8 Å². The summed E-state index contributed by atoms with van der Waals surface area (Å²) >= 11 is 0. The molecule has 3 aromatic rings. The van der Waals surface area contributed by atoms with Crippen LogP contribution in [0, 0.1) is 0 Å². The van der Waals surface area contributed by atoms with Gasteiger partial charge in [-0.3, -0.25) is 0 Å². The third kappa shape index (κ3) is 4.34. The van der Waals surface area contributed by atoms with Crippen LogP contribution >= 0.6 is 0 Å². The average molecular weight is 468 g/mol. The van der Waals surface area contributed by atoms with E-state index in [0.717, 1.165) is 11.0 Å². The molecule has 1 N–H and O–H groups in total. The molecule has 0 saturated carbocycles. The van der Waals surface area contributed by atoms with Crippen molar-refractivity contribution in [3.05, 3.63) is 60.4 Å². The van der Waals surface area contributed by atoms with Gasteiger partial charge in [0.1, 0.15) is 30.6 Å². The molecule has 1 unspecified atom stereocenters. The van der Waals surface area contributed by atoms with Crippen molar-refractivity contribution in [3.63, 3.8) is 0 Å². The topological polar surface area (TPSA) is 64.6 Å². The number of ether oxygens (including phenoxy) is 2. The summed E-state index contributed by atoms with van der Waals surface area (Å²) in [6.07, 6.45) is 1.22. The van der Waals surface area contributed by atoms with Crippen molar-refractivity contribution in [1.29, 1.82) is 0 Å². The van der Waals surface area contributed by atoms with E-state index in [0.29, 0.717) is 17.9 Å². The van der Waals surface area contributed by atoms with Gasteiger partial charge in [-0.15, -0.1) is 0 Å². The van der Waals surface area contributed by atoms with Crippen molar-refractivity contribution in [2.24, 2.45) is 7.05 Å². The Morgan fingerprint density at radius 3 is 2.65 bits per heavy atom. The first-order valence-electron chi connectivity index (χ1n) is 8.02. The quantitative estimate of drug-likeness (QED) is 0.278. The van der Waals surface area contributed by atoms with E-state index in [9.17, 15) is 9.90 Å². The number of methoxy groups -OCH3 is 1. The molecule has 0 radical (unpaired) electrons. The van der Waals surface area contributed by atoms with Crippen LogP contribution in [0.5, 0.6) is 5.75 Å². The Balaban J connectivity index is 0.00000243. The fourth-order valence-corrected chi connectivity index (χ4v) is 2.82. The maximum Gasteiger partial charge on any atom is 0.341 e. The van der Waals surface area contributed by atoms with E-state index in [1.165, 1.54) is 7.11 Å². The summed E-state index contributed by atoms with van der Waals surface area (Å²) in [5.74, 6) is -0.0650. The number of hydrogen-bond donors (Lipinski definition) is 1. The fraction of sp³-hybridized carbons (Fsp3) is 0.263. The lowest BCUT2D eigenvalue weighted by molar-refractivity contribution is -0.645. The van der Waals surface area contributed by atoms with Crippen LogP contribution in [-0.2, 0) is 18.3 Å². The normalized spacial score (nSPS) is 11.7. The van der Waals surface area contributed by atoms with Crippen LogP contribution in [0.15, 0.2) is 54.9 Å². The molecule has 0 aliphatic heterocycles. The number of halogens is 1. The molecule has 7 heteroatoms. The molecule has 138 valence electrons. The third-order valence-corrected chi connectivity index (χ3v) is 4.01. The molecule has 0 amide bonds. The smallest absolute Gasteiger partial charge is 0.341 e. The summed E-state index contributed by atoms with van der Waals surface area (Å²) in [6.45, 7) is 0.464. The molecule has 6 nitrogen and oxygen atoms in total. The third-order valence-electron chi connectivity index (χ3n) is 4.01. The van der Waals surface area contributed by atoms with E-state index in [1.54, 1.807) is 24.3 Å². The van der Waals surface area contributed by atoms with Crippen molar-refractivity contribution in [2.75, 3.05) is 13.7 Å². The van der Waals surface area contributed by atoms with Crippen molar-refractivity contribution in [2.45, 2.75) is 12.6 Å². The summed E-state index contributed by atoms with van der Waals surface area (Å²) in [6, 6.07) is 14.8. The predicted octanol–water partition coefficient (Wildman–Crippen LogP) is -1.30. The summed E-state index contributed by atoms with van der Waals surface area (Å²) < 4.78 is 14.4. The number of aliphatic hydroxyl groups is 1. The largest absolute Gasteiger partial charge is 1.00 e. The molecular weight excluding hydrogens is 447 g/mol. The number of hydrogen-bond acceptors (Lipinski definition) is 4. The van der Waals surface area contributed by atoms with Crippen LogP contribution in [0.2, 0.25) is 0 Å². The molecule has 1 atom stereocenters. The van der Waals surface area contributed by atoms with Crippen molar-refractivity contribution < 1.29 is 47.9 Å². The summed E-state index contributed by atoms with van der Waals surface area (Å²) in [7, 11) is 3.29. The minimum atomic E-state index is -0.721. The number of carbonyl (C=O) groups excluding carboxylic acids is 1. The molecule has 2 aromatic carbocycles. The zero-order valence-corrected chi connectivity index (χ0v) is 16.8. The van der Waals surface area contributed by atoms with Crippen LogP contribution < -0.4 is 33.3 Å². The lowest BCUT2D eigenvalue weighted by atomic mass is 10.2. The molecule has 0 aliphatic rings. The standard InChI is InChI=1S/C19H21N2O4.HI/c1-20-13-21(17-9-5-4-8-16(17)20)11-14(22)12-25-18-10-6-3-7-15(18)19(23)24-2;/h3-10,13-14,22H,11-12H2,1-2H3;1H/q+1;/p-1. The molecule has 26 heavy (non-hydrogen) atoms. The number of fused-ring (bicyclic) bond motifs is 1. The number of imidazole rings is 1. The summed E-state index contributed by atoms with van der Waals surface area (Å²) in [5.41, 5.74) is 2.47. The van der Waals surface area contributed by atoms with Crippen LogP contribution in [-0.4, -0.2) is 35.5 Å². The minimum absolute atomic E-state index is 0. The number of benzene rings is 2. The first-order chi connectivity index (χ1) is 12.1. The van der Waals surface area contributed by atoms with Gasteiger partial charge >= 0.3 is 5.97 Å². The van der Waals surface area contributed by atoms with Crippen LogP contribution in [0.3, 0.4) is 0 Å². The first kappa shape index (κ1) is 20.2.